The summed E-state index contributed by atoms with van der Waals surface area (Å²) in [7, 11) is 0. The quantitative estimate of drug-likeness (QED) is 0.811. The van der Waals surface area contributed by atoms with Crippen LogP contribution in [0.15, 0.2) is 0 Å². The van der Waals surface area contributed by atoms with Gasteiger partial charge in [0.15, 0.2) is 0 Å². The third-order valence-corrected chi connectivity index (χ3v) is 3.14. The van der Waals surface area contributed by atoms with Crippen molar-refractivity contribution in [2.45, 2.75) is 70.7 Å². The molecule has 0 spiro atoms. The Labute approximate surface area is 119 Å². The maximum atomic E-state index is 14.3. The van der Waals surface area contributed by atoms with E-state index in [4.69, 9.17) is 9.47 Å². The number of halogens is 1. The Hall–Kier alpha value is -1.33. The predicted molar refractivity (Wildman–Crippen MR) is 72.1 cm³/mol. The summed E-state index contributed by atoms with van der Waals surface area (Å²) in [5, 5.41) is 2.70. The topological polar surface area (TPSA) is 64.6 Å². The van der Waals surface area contributed by atoms with Gasteiger partial charge in [0.25, 0.3) is 0 Å². The minimum atomic E-state index is -1.91. The second-order valence-corrected chi connectivity index (χ2v) is 6.11. The minimum absolute atomic E-state index is 0.0618. The first-order valence-electron chi connectivity index (χ1n) is 7.02. The summed E-state index contributed by atoms with van der Waals surface area (Å²) < 4.78 is 24.2. The Morgan fingerprint density at radius 1 is 1.30 bits per heavy atom. The SMILES string of the molecule is CCOC(=O)C1(F)CCC(NC(=O)OC(C)(C)C)CC1. The van der Waals surface area contributed by atoms with E-state index in [0.717, 1.165) is 0 Å². The van der Waals surface area contributed by atoms with E-state index in [1.54, 1.807) is 27.7 Å². The van der Waals surface area contributed by atoms with Gasteiger partial charge in [0, 0.05) is 6.04 Å². The van der Waals surface area contributed by atoms with Crippen molar-refractivity contribution in [1.82, 2.24) is 5.32 Å². The Morgan fingerprint density at radius 2 is 1.85 bits per heavy atom. The van der Waals surface area contributed by atoms with E-state index in [0.29, 0.717) is 12.8 Å². The normalized spacial score (nSPS) is 26.8. The number of esters is 1. The monoisotopic (exact) mass is 289 g/mol. The van der Waals surface area contributed by atoms with E-state index in [-0.39, 0.29) is 25.5 Å². The average molecular weight is 289 g/mol. The Balaban J connectivity index is 2.42. The lowest BCUT2D eigenvalue weighted by Crippen LogP contribution is -2.46. The standard InChI is InChI=1S/C14H24FNO4/c1-5-19-11(17)14(15)8-6-10(7-9-14)16-12(18)20-13(2,3)4/h10H,5-9H2,1-4H3,(H,16,18). The Kier molecular flexibility index (Phi) is 5.36. The molecule has 1 amide bonds. The number of nitrogens with one attached hydrogen (secondary N) is 1. The zero-order valence-corrected chi connectivity index (χ0v) is 12.6. The largest absolute Gasteiger partial charge is 0.464 e. The van der Waals surface area contributed by atoms with Gasteiger partial charge in [-0.2, -0.15) is 0 Å². The number of amides is 1. The molecular formula is C14H24FNO4. The molecule has 6 heteroatoms. The van der Waals surface area contributed by atoms with E-state index in [9.17, 15) is 14.0 Å². The summed E-state index contributed by atoms with van der Waals surface area (Å²) in [6.07, 6.45) is 0.409. The molecule has 0 aromatic carbocycles. The second kappa shape index (κ2) is 6.41. The molecule has 0 heterocycles. The summed E-state index contributed by atoms with van der Waals surface area (Å²) in [5.41, 5.74) is -2.48. The van der Waals surface area contributed by atoms with Crippen molar-refractivity contribution in [2.24, 2.45) is 0 Å². The fourth-order valence-corrected chi connectivity index (χ4v) is 2.16. The average Bonchev–Trinajstić information content (AvgIpc) is 2.30. The van der Waals surface area contributed by atoms with Crippen molar-refractivity contribution in [2.75, 3.05) is 6.61 Å². The van der Waals surface area contributed by atoms with Gasteiger partial charge in [0.2, 0.25) is 5.67 Å². The fourth-order valence-electron chi connectivity index (χ4n) is 2.16. The highest BCUT2D eigenvalue weighted by Crippen LogP contribution is 2.33. The van der Waals surface area contributed by atoms with E-state index in [1.807, 2.05) is 0 Å². The molecule has 1 fully saturated rings. The van der Waals surface area contributed by atoms with Crippen molar-refractivity contribution < 1.29 is 23.5 Å². The van der Waals surface area contributed by atoms with Gasteiger partial charge in [-0.05, 0) is 53.4 Å². The van der Waals surface area contributed by atoms with E-state index in [1.165, 1.54) is 0 Å². The van der Waals surface area contributed by atoms with Crippen LogP contribution in [0.25, 0.3) is 0 Å². The van der Waals surface area contributed by atoms with Crippen LogP contribution >= 0.6 is 0 Å². The Bertz CT molecular complexity index is 357. The van der Waals surface area contributed by atoms with E-state index in [2.05, 4.69) is 5.32 Å². The van der Waals surface area contributed by atoms with Gasteiger partial charge < -0.3 is 14.8 Å². The molecule has 0 unspecified atom stereocenters. The maximum absolute atomic E-state index is 14.3. The zero-order valence-electron chi connectivity index (χ0n) is 12.6. The molecule has 0 saturated heterocycles. The van der Waals surface area contributed by atoms with Crippen molar-refractivity contribution in [1.29, 1.82) is 0 Å². The number of carbonyl (C=O) groups is 2. The molecule has 1 saturated carbocycles. The lowest BCUT2D eigenvalue weighted by atomic mass is 9.83. The molecule has 1 rings (SSSR count). The number of carbonyl (C=O) groups excluding carboxylic acids is 2. The van der Waals surface area contributed by atoms with Crippen LogP contribution in [0.1, 0.15) is 53.4 Å². The number of hydrogen-bond donors (Lipinski definition) is 1. The molecule has 0 bridgehead atoms. The van der Waals surface area contributed by atoms with Gasteiger partial charge in [0.1, 0.15) is 5.60 Å². The molecule has 0 aromatic heterocycles. The molecule has 116 valence electrons. The number of rotatable bonds is 3. The molecule has 1 aliphatic carbocycles. The highest BCUT2D eigenvalue weighted by molar-refractivity contribution is 5.79. The summed E-state index contributed by atoms with van der Waals surface area (Å²) in [5.74, 6) is -0.796. The van der Waals surface area contributed by atoms with Gasteiger partial charge in [-0.3, -0.25) is 0 Å². The summed E-state index contributed by atoms with van der Waals surface area (Å²) in [6.45, 7) is 7.16. The van der Waals surface area contributed by atoms with E-state index >= 15 is 0 Å². The van der Waals surface area contributed by atoms with Crippen molar-refractivity contribution >= 4 is 12.1 Å². The lowest BCUT2D eigenvalue weighted by molar-refractivity contribution is -0.159. The Morgan fingerprint density at radius 3 is 2.30 bits per heavy atom. The molecule has 0 aliphatic heterocycles. The van der Waals surface area contributed by atoms with Gasteiger partial charge in [-0.1, -0.05) is 0 Å². The first-order valence-corrected chi connectivity index (χ1v) is 7.02. The first kappa shape index (κ1) is 16.7. The molecule has 1 aliphatic rings. The number of alkyl halides is 1. The maximum Gasteiger partial charge on any atom is 0.407 e. The third kappa shape index (κ3) is 4.98. The van der Waals surface area contributed by atoms with Crippen LogP contribution in [-0.4, -0.2) is 36.0 Å². The van der Waals surface area contributed by atoms with Gasteiger partial charge in [-0.25, -0.2) is 14.0 Å². The molecule has 20 heavy (non-hydrogen) atoms. The fraction of sp³-hybridized carbons (Fsp3) is 0.857. The molecule has 5 nitrogen and oxygen atoms in total. The molecular weight excluding hydrogens is 265 g/mol. The first-order chi connectivity index (χ1) is 9.16. The van der Waals surface area contributed by atoms with E-state index < -0.39 is 23.3 Å². The van der Waals surface area contributed by atoms with Crippen LogP contribution < -0.4 is 5.32 Å². The van der Waals surface area contributed by atoms with Crippen molar-refractivity contribution in [3.63, 3.8) is 0 Å². The minimum Gasteiger partial charge on any atom is -0.464 e. The molecule has 0 radical (unpaired) electrons. The van der Waals surface area contributed by atoms with Gasteiger partial charge in [-0.15, -0.1) is 0 Å². The van der Waals surface area contributed by atoms with Crippen LogP contribution in [0.2, 0.25) is 0 Å². The van der Waals surface area contributed by atoms with Gasteiger partial charge in [0.05, 0.1) is 6.61 Å². The van der Waals surface area contributed by atoms with Crippen molar-refractivity contribution in [3.05, 3.63) is 0 Å². The summed E-state index contributed by atoms with van der Waals surface area (Å²) in [6, 6.07) is -0.164. The van der Waals surface area contributed by atoms with Gasteiger partial charge >= 0.3 is 12.1 Å². The highest BCUT2D eigenvalue weighted by Gasteiger charge is 2.43. The smallest absolute Gasteiger partial charge is 0.407 e. The van der Waals surface area contributed by atoms with Crippen molar-refractivity contribution in [3.8, 4) is 0 Å². The molecule has 0 aromatic rings. The van der Waals surface area contributed by atoms with Crippen LogP contribution in [0.3, 0.4) is 0 Å². The molecule has 1 N–H and O–H groups in total. The molecule has 0 atom stereocenters. The lowest BCUT2D eigenvalue weighted by Gasteiger charge is -2.32. The zero-order chi connectivity index (χ0) is 15.4. The van der Waals surface area contributed by atoms with Crippen LogP contribution in [0.4, 0.5) is 9.18 Å². The van der Waals surface area contributed by atoms with Crippen LogP contribution in [-0.2, 0) is 14.3 Å². The predicted octanol–water partition coefficient (Wildman–Crippen LogP) is 2.73. The van der Waals surface area contributed by atoms with Crippen LogP contribution in [0.5, 0.6) is 0 Å². The number of alkyl carbamates (subject to hydrolysis) is 1. The number of hydrogen-bond acceptors (Lipinski definition) is 4. The number of ether oxygens (including phenoxy) is 2. The van der Waals surface area contributed by atoms with Crippen LogP contribution in [0, 0.1) is 0 Å². The summed E-state index contributed by atoms with van der Waals surface area (Å²) in [4.78, 5) is 23.1. The highest BCUT2D eigenvalue weighted by atomic mass is 19.1. The summed E-state index contributed by atoms with van der Waals surface area (Å²) >= 11 is 0. The second-order valence-electron chi connectivity index (χ2n) is 6.11. The third-order valence-electron chi connectivity index (χ3n) is 3.14.